The zero-order chi connectivity index (χ0) is 15.9. The summed E-state index contributed by atoms with van der Waals surface area (Å²) in [5.41, 5.74) is 4.78. The Balaban J connectivity index is 1.57. The van der Waals surface area contributed by atoms with Gasteiger partial charge >= 0.3 is 0 Å². The molecule has 0 unspecified atom stereocenters. The molecule has 0 fully saturated rings. The maximum atomic E-state index is 5.90. The van der Waals surface area contributed by atoms with Crippen LogP contribution in [0.3, 0.4) is 0 Å². The SMILES string of the molecule is Cc1ccc(COc2cccc(CNc3ccccc3)c2)cc1. The first-order chi connectivity index (χ1) is 11.3. The van der Waals surface area contributed by atoms with Gasteiger partial charge in [-0.25, -0.2) is 0 Å². The van der Waals surface area contributed by atoms with Gasteiger partial charge in [-0.1, -0.05) is 60.2 Å². The molecule has 3 aromatic rings. The number of aryl methyl sites for hydroxylation is 1. The van der Waals surface area contributed by atoms with Crippen molar-refractivity contribution in [3.8, 4) is 5.75 Å². The molecule has 3 aromatic carbocycles. The molecule has 3 rings (SSSR count). The van der Waals surface area contributed by atoms with Crippen LogP contribution in [0.25, 0.3) is 0 Å². The molecular formula is C21H21NO. The quantitative estimate of drug-likeness (QED) is 0.677. The third-order valence-electron chi connectivity index (χ3n) is 3.69. The molecule has 0 aliphatic heterocycles. The van der Waals surface area contributed by atoms with Gasteiger partial charge in [0, 0.05) is 12.2 Å². The van der Waals surface area contributed by atoms with Crippen LogP contribution in [-0.2, 0) is 13.2 Å². The van der Waals surface area contributed by atoms with Crippen molar-refractivity contribution in [2.24, 2.45) is 0 Å². The fourth-order valence-electron chi connectivity index (χ4n) is 2.36. The van der Waals surface area contributed by atoms with Crippen LogP contribution in [0.4, 0.5) is 5.69 Å². The Morgan fingerprint density at radius 1 is 0.783 bits per heavy atom. The lowest BCUT2D eigenvalue weighted by Gasteiger charge is -2.10. The molecule has 0 saturated heterocycles. The van der Waals surface area contributed by atoms with Gasteiger partial charge in [-0.3, -0.25) is 0 Å². The van der Waals surface area contributed by atoms with Gasteiger partial charge in [-0.2, -0.15) is 0 Å². The van der Waals surface area contributed by atoms with E-state index in [2.05, 4.69) is 60.8 Å². The van der Waals surface area contributed by atoms with Crippen molar-refractivity contribution in [3.05, 3.63) is 95.6 Å². The molecule has 0 bridgehead atoms. The molecular weight excluding hydrogens is 282 g/mol. The molecule has 23 heavy (non-hydrogen) atoms. The molecule has 1 N–H and O–H groups in total. The number of hydrogen-bond donors (Lipinski definition) is 1. The highest BCUT2D eigenvalue weighted by molar-refractivity contribution is 5.43. The van der Waals surface area contributed by atoms with Crippen molar-refractivity contribution >= 4 is 5.69 Å². The Morgan fingerprint density at radius 2 is 1.57 bits per heavy atom. The largest absolute Gasteiger partial charge is 0.489 e. The van der Waals surface area contributed by atoms with Gasteiger partial charge in [0.1, 0.15) is 12.4 Å². The van der Waals surface area contributed by atoms with Crippen molar-refractivity contribution < 1.29 is 4.74 Å². The molecule has 0 aliphatic rings. The van der Waals surface area contributed by atoms with Gasteiger partial charge in [0.25, 0.3) is 0 Å². The highest BCUT2D eigenvalue weighted by Gasteiger charge is 1.99. The molecule has 2 heteroatoms. The van der Waals surface area contributed by atoms with Crippen molar-refractivity contribution in [1.82, 2.24) is 0 Å². The van der Waals surface area contributed by atoms with Gasteiger partial charge < -0.3 is 10.1 Å². The van der Waals surface area contributed by atoms with E-state index in [1.54, 1.807) is 0 Å². The predicted octanol–water partition coefficient (Wildman–Crippen LogP) is 5.19. The van der Waals surface area contributed by atoms with E-state index in [9.17, 15) is 0 Å². The topological polar surface area (TPSA) is 21.3 Å². The van der Waals surface area contributed by atoms with E-state index in [0.717, 1.165) is 18.0 Å². The smallest absolute Gasteiger partial charge is 0.120 e. The Kier molecular flexibility index (Phi) is 4.95. The van der Waals surface area contributed by atoms with Crippen LogP contribution in [0.1, 0.15) is 16.7 Å². The van der Waals surface area contributed by atoms with E-state index in [4.69, 9.17) is 4.74 Å². The number of para-hydroxylation sites is 1. The van der Waals surface area contributed by atoms with Crippen LogP contribution >= 0.6 is 0 Å². The third kappa shape index (κ3) is 4.62. The molecule has 0 aliphatic carbocycles. The van der Waals surface area contributed by atoms with Gasteiger partial charge in [-0.15, -0.1) is 0 Å². The molecule has 0 aromatic heterocycles. The summed E-state index contributed by atoms with van der Waals surface area (Å²) in [5.74, 6) is 0.901. The molecule has 2 nitrogen and oxygen atoms in total. The first kappa shape index (κ1) is 15.2. The number of nitrogens with one attached hydrogen (secondary N) is 1. The van der Waals surface area contributed by atoms with E-state index in [0.29, 0.717) is 6.61 Å². The van der Waals surface area contributed by atoms with Crippen molar-refractivity contribution in [3.63, 3.8) is 0 Å². The van der Waals surface area contributed by atoms with Gasteiger partial charge in [0.15, 0.2) is 0 Å². The van der Waals surface area contributed by atoms with Crippen molar-refractivity contribution in [2.75, 3.05) is 5.32 Å². The molecule has 0 spiro atoms. The predicted molar refractivity (Wildman–Crippen MR) is 95.7 cm³/mol. The number of rotatable bonds is 6. The van der Waals surface area contributed by atoms with Crippen LogP contribution in [0.2, 0.25) is 0 Å². The summed E-state index contributed by atoms with van der Waals surface area (Å²) in [6.07, 6.45) is 0. The minimum absolute atomic E-state index is 0.593. The fraction of sp³-hybridized carbons (Fsp3) is 0.143. The maximum Gasteiger partial charge on any atom is 0.120 e. The van der Waals surface area contributed by atoms with Crippen LogP contribution < -0.4 is 10.1 Å². The van der Waals surface area contributed by atoms with Gasteiger partial charge in [0.2, 0.25) is 0 Å². The van der Waals surface area contributed by atoms with Gasteiger partial charge in [0.05, 0.1) is 0 Å². The average molecular weight is 303 g/mol. The summed E-state index contributed by atoms with van der Waals surface area (Å²) in [4.78, 5) is 0. The normalized spacial score (nSPS) is 10.3. The van der Waals surface area contributed by atoms with E-state index in [-0.39, 0.29) is 0 Å². The van der Waals surface area contributed by atoms with Gasteiger partial charge in [-0.05, 0) is 42.3 Å². The van der Waals surface area contributed by atoms with Crippen LogP contribution in [0, 0.1) is 6.92 Å². The van der Waals surface area contributed by atoms with E-state index in [1.165, 1.54) is 16.7 Å². The Labute approximate surface area is 137 Å². The fourth-order valence-corrected chi connectivity index (χ4v) is 2.36. The monoisotopic (exact) mass is 303 g/mol. The van der Waals surface area contributed by atoms with E-state index < -0.39 is 0 Å². The molecule has 0 radical (unpaired) electrons. The minimum atomic E-state index is 0.593. The Morgan fingerprint density at radius 3 is 2.35 bits per heavy atom. The molecule has 116 valence electrons. The van der Waals surface area contributed by atoms with E-state index >= 15 is 0 Å². The second-order valence-electron chi connectivity index (χ2n) is 5.64. The van der Waals surface area contributed by atoms with Crippen molar-refractivity contribution in [2.45, 2.75) is 20.1 Å². The van der Waals surface area contributed by atoms with Crippen LogP contribution in [-0.4, -0.2) is 0 Å². The summed E-state index contributed by atoms with van der Waals surface area (Å²) in [7, 11) is 0. The minimum Gasteiger partial charge on any atom is -0.489 e. The maximum absolute atomic E-state index is 5.90. The second kappa shape index (κ2) is 7.50. The summed E-state index contributed by atoms with van der Waals surface area (Å²) < 4.78 is 5.90. The molecule has 0 saturated carbocycles. The summed E-state index contributed by atoms with van der Waals surface area (Å²) in [5, 5.41) is 3.41. The highest BCUT2D eigenvalue weighted by Crippen LogP contribution is 2.17. The summed E-state index contributed by atoms with van der Waals surface area (Å²) >= 11 is 0. The summed E-state index contributed by atoms with van der Waals surface area (Å²) in [6.45, 7) is 3.47. The lowest BCUT2D eigenvalue weighted by atomic mass is 10.1. The third-order valence-corrected chi connectivity index (χ3v) is 3.69. The lowest BCUT2D eigenvalue weighted by molar-refractivity contribution is 0.306. The molecule has 0 amide bonds. The standard InChI is InChI=1S/C21H21NO/c1-17-10-12-18(13-11-17)16-23-21-9-5-6-19(14-21)15-22-20-7-3-2-4-8-20/h2-14,22H,15-16H2,1H3. The molecule has 0 heterocycles. The van der Waals surface area contributed by atoms with E-state index in [1.807, 2.05) is 30.3 Å². The zero-order valence-corrected chi connectivity index (χ0v) is 13.3. The highest BCUT2D eigenvalue weighted by atomic mass is 16.5. The number of anilines is 1. The lowest BCUT2D eigenvalue weighted by Crippen LogP contribution is -2.00. The Hall–Kier alpha value is -2.74. The Bertz CT molecular complexity index is 735. The van der Waals surface area contributed by atoms with Crippen LogP contribution in [0.5, 0.6) is 5.75 Å². The van der Waals surface area contributed by atoms with Crippen LogP contribution in [0.15, 0.2) is 78.9 Å². The first-order valence-corrected chi connectivity index (χ1v) is 7.86. The number of hydrogen-bond acceptors (Lipinski definition) is 2. The number of ether oxygens (including phenoxy) is 1. The average Bonchev–Trinajstić information content (AvgIpc) is 2.61. The van der Waals surface area contributed by atoms with Crippen molar-refractivity contribution in [1.29, 1.82) is 0 Å². The second-order valence-corrected chi connectivity index (χ2v) is 5.64. The summed E-state index contributed by atoms with van der Waals surface area (Å²) in [6, 6.07) is 26.9. The first-order valence-electron chi connectivity index (χ1n) is 7.86. The number of benzene rings is 3. The zero-order valence-electron chi connectivity index (χ0n) is 13.3. The molecule has 0 atom stereocenters.